The highest BCUT2D eigenvalue weighted by atomic mass is 16.5. The number of rotatable bonds is 7. The fourth-order valence-electron chi connectivity index (χ4n) is 2.35. The van der Waals surface area contributed by atoms with Gasteiger partial charge < -0.3 is 15.4 Å². The van der Waals surface area contributed by atoms with E-state index in [4.69, 9.17) is 4.74 Å². The van der Waals surface area contributed by atoms with Gasteiger partial charge in [-0.25, -0.2) is 0 Å². The third-order valence-electron chi connectivity index (χ3n) is 3.63. The fraction of sp³-hybridized carbons (Fsp3) is 0.300. The van der Waals surface area contributed by atoms with Crippen LogP contribution in [0.3, 0.4) is 0 Å². The summed E-state index contributed by atoms with van der Waals surface area (Å²) in [5.74, 6) is 0.366. The maximum Gasteiger partial charge on any atom is 0.259 e. The molecule has 0 bridgehead atoms. The zero-order valence-corrected chi connectivity index (χ0v) is 14.8. The Bertz CT molecular complexity index is 724. The maximum absolute atomic E-state index is 12.5. The summed E-state index contributed by atoms with van der Waals surface area (Å²) in [4.78, 5) is 23.8. The first-order chi connectivity index (χ1) is 12.0. The molecule has 2 rings (SSSR count). The molecule has 2 N–H and O–H groups in total. The van der Waals surface area contributed by atoms with Gasteiger partial charge in [0, 0.05) is 19.2 Å². The Kier molecular flexibility index (Phi) is 6.57. The van der Waals surface area contributed by atoms with Crippen LogP contribution in [0.1, 0.15) is 36.2 Å². The molecule has 2 aromatic rings. The Morgan fingerprint density at radius 3 is 2.36 bits per heavy atom. The quantitative estimate of drug-likeness (QED) is 0.812. The Balaban J connectivity index is 2.02. The molecular formula is C20H24N2O3. The van der Waals surface area contributed by atoms with Crippen LogP contribution in [0.25, 0.3) is 0 Å². The Morgan fingerprint density at radius 2 is 1.72 bits per heavy atom. The van der Waals surface area contributed by atoms with E-state index in [1.807, 2.05) is 50.2 Å². The second-order valence-corrected chi connectivity index (χ2v) is 5.99. The van der Waals surface area contributed by atoms with Crippen molar-refractivity contribution in [3.63, 3.8) is 0 Å². The monoisotopic (exact) mass is 340 g/mol. The summed E-state index contributed by atoms with van der Waals surface area (Å²) in [5.41, 5.74) is 2.25. The number of anilines is 1. The summed E-state index contributed by atoms with van der Waals surface area (Å²) in [7, 11) is 1.63. The third kappa shape index (κ3) is 5.64. The van der Waals surface area contributed by atoms with Gasteiger partial charge in [-0.15, -0.1) is 0 Å². The van der Waals surface area contributed by atoms with Crippen molar-refractivity contribution >= 4 is 17.5 Å². The van der Waals surface area contributed by atoms with Crippen molar-refractivity contribution in [2.24, 2.45) is 0 Å². The number of aryl methyl sites for hydroxylation is 1. The van der Waals surface area contributed by atoms with Crippen LogP contribution in [-0.4, -0.2) is 25.0 Å². The minimum atomic E-state index is -0.214. The van der Waals surface area contributed by atoms with Crippen LogP contribution in [0, 0.1) is 0 Å². The van der Waals surface area contributed by atoms with E-state index >= 15 is 0 Å². The molecule has 0 aliphatic rings. The molecule has 0 fully saturated rings. The Labute approximate surface area is 148 Å². The van der Waals surface area contributed by atoms with E-state index in [-0.39, 0.29) is 17.9 Å². The zero-order chi connectivity index (χ0) is 18.2. The molecule has 2 amide bonds. The summed E-state index contributed by atoms with van der Waals surface area (Å²) in [5, 5.41) is 5.48. The van der Waals surface area contributed by atoms with E-state index in [2.05, 4.69) is 10.6 Å². The third-order valence-corrected chi connectivity index (χ3v) is 3.63. The van der Waals surface area contributed by atoms with Crippen molar-refractivity contribution in [1.29, 1.82) is 0 Å². The van der Waals surface area contributed by atoms with Crippen LogP contribution in [0.2, 0.25) is 0 Å². The molecule has 2 aromatic carbocycles. The number of para-hydroxylation sites is 1. The fourth-order valence-corrected chi connectivity index (χ4v) is 2.35. The lowest BCUT2D eigenvalue weighted by Crippen LogP contribution is -2.18. The number of carbonyl (C=O) groups excluding carboxylic acids is 2. The SMILES string of the molecule is CNC(=O)CCc1ccc(NC(=O)c2ccccc2OC(C)C)cc1. The lowest BCUT2D eigenvalue weighted by Gasteiger charge is -2.14. The van der Waals surface area contributed by atoms with Gasteiger partial charge in [-0.05, 0) is 50.1 Å². The summed E-state index contributed by atoms with van der Waals surface area (Å²) >= 11 is 0. The van der Waals surface area contributed by atoms with Crippen molar-refractivity contribution in [2.45, 2.75) is 32.8 Å². The van der Waals surface area contributed by atoms with Crippen LogP contribution in [-0.2, 0) is 11.2 Å². The van der Waals surface area contributed by atoms with Gasteiger partial charge in [-0.3, -0.25) is 9.59 Å². The number of hydrogen-bond donors (Lipinski definition) is 2. The first-order valence-electron chi connectivity index (χ1n) is 8.36. The second-order valence-electron chi connectivity index (χ2n) is 5.99. The standard InChI is InChI=1S/C20H24N2O3/c1-14(2)25-18-7-5-4-6-17(18)20(24)22-16-11-8-15(9-12-16)10-13-19(23)21-3/h4-9,11-12,14H,10,13H2,1-3H3,(H,21,23)(H,22,24). The second kappa shape index (κ2) is 8.87. The molecule has 0 aromatic heterocycles. The van der Waals surface area contributed by atoms with Crippen LogP contribution in [0.15, 0.2) is 48.5 Å². The van der Waals surface area contributed by atoms with Crippen molar-refractivity contribution in [1.82, 2.24) is 5.32 Å². The van der Waals surface area contributed by atoms with Gasteiger partial charge in [0.2, 0.25) is 5.91 Å². The highest BCUT2D eigenvalue weighted by Gasteiger charge is 2.13. The van der Waals surface area contributed by atoms with Crippen LogP contribution in [0.5, 0.6) is 5.75 Å². The average molecular weight is 340 g/mol. The summed E-state index contributed by atoms with van der Waals surface area (Å²) < 4.78 is 5.69. The van der Waals surface area contributed by atoms with Crippen LogP contribution >= 0.6 is 0 Å². The molecule has 0 aliphatic carbocycles. The molecule has 5 nitrogen and oxygen atoms in total. The maximum atomic E-state index is 12.5. The van der Waals surface area contributed by atoms with Gasteiger partial charge in [0.05, 0.1) is 11.7 Å². The molecule has 0 saturated heterocycles. The van der Waals surface area contributed by atoms with Gasteiger partial charge in [-0.2, -0.15) is 0 Å². The minimum absolute atomic E-state index is 0.00597. The molecule has 132 valence electrons. The topological polar surface area (TPSA) is 67.4 Å². The molecule has 0 heterocycles. The highest BCUT2D eigenvalue weighted by Crippen LogP contribution is 2.21. The number of nitrogens with one attached hydrogen (secondary N) is 2. The first kappa shape index (κ1) is 18.5. The average Bonchev–Trinajstić information content (AvgIpc) is 2.60. The number of amides is 2. The van der Waals surface area contributed by atoms with Crippen molar-refractivity contribution in [3.05, 3.63) is 59.7 Å². The highest BCUT2D eigenvalue weighted by molar-refractivity contribution is 6.06. The molecule has 0 spiro atoms. The Morgan fingerprint density at radius 1 is 1.04 bits per heavy atom. The van der Waals surface area contributed by atoms with Crippen molar-refractivity contribution in [2.75, 3.05) is 12.4 Å². The zero-order valence-electron chi connectivity index (χ0n) is 14.8. The lowest BCUT2D eigenvalue weighted by atomic mass is 10.1. The number of carbonyl (C=O) groups is 2. The van der Waals surface area contributed by atoms with Crippen molar-refractivity contribution in [3.8, 4) is 5.75 Å². The Hall–Kier alpha value is -2.82. The first-order valence-corrected chi connectivity index (χ1v) is 8.36. The number of benzene rings is 2. The van der Waals surface area contributed by atoms with Gasteiger partial charge in [0.1, 0.15) is 5.75 Å². The molecular weight excluding hydrogens is 316 g/mol. The normalized spacial score (nSPS) is 10.4. The number of hydrogen-bond acceptors (Lipinski definition) is 3. The van der Waals surface area contributed by atoms with Gasteiger partial charge >= 0.3 is 0 Å². The minimum Gasteiger partial charge on any atom is -0.490 e. The summed E-state index contributed by atoms with van der Waals surface area (Å²) in [6.45, 7) is 3.85. The van der Waals surface area contributed by atoms with Crippen LogP contribution in [0.4, 0.5) is 5.69 Å². The van der Waals surface area contributed by atoms with E-state index in [9.17, 15) is 9.59 Å². The molecule has 0 radical (unpaired) electrons. The van der Waals surface area contributed by atoms with E-state index in [1.165, 1.54) is 0 Å². The van der Waals surface area contributed by atoms with Gasteiger partial charge in [0.25, 0.3) is 5.91 Å². The molecule has 0 aliphatic heterocycles. The molecule has 5 heteroatoms. The van der Waals surface area contributed by atoms with E-state index in [0.717, 1.165) is 5.56 Å². The van der Waals surface area contributed by atoms with Crippen LogP contribution < -0.4 is 15.4 Å². The van der Waals surface area contributed by atoms with E-state index in [1.54, 1.807) is 19.2 Å². The summed E-state index contributed by atoms with van der Waals surface area (Å²) in [6.07, 6.45) is 1.11. The largest absolute Gasteiger partial charge is 0.490 e. The number of ether oxygens (including phenoxy) is 1. The molecule has 0 atom stereocenters. The summed E-state index contributed by atoms with van der Waals surface area (Å²) in [6, 6.07) is 14.7. The van der Waals surface area contributed by atoms with E-state index in [0.29, 0.717) is 29.8 Å². The smallest absolute Gasteiger partial charge is 0.259 e. The predicted molar refractivity (Wildman–Crippen MR) is 99.0 cm³/mol. The molecule has 25 heavy (non-hydrogen) atoms. The van der Waals surface area contributed by atoms with E-state index < -0.39 is 0 Å². The molecule has 0 unspecified atom stereocenters. The van der Waals surface area contributed by atoms with Gasteiger partial charge in [0.15, 0.2) is 0 Å². The lowest BCUT2D eigenvalue weighted by molar-refractivity contribution is -0.120. The molecule has 0 saturated carbocycles. The predicted octanol–water partition coefficient (Wildman–Crippen LogP) is 3.40. The van der Waals surface area contributed by atoms with Gasteiger partial charge in [-0.1, -0.05) is 24.3 Å². The van der Waals surface area contributed by atoms with Crippen molar-refractivity contribution < 1.29 is 14.3 Å².